The predicted octanol–water partition coefficient (Wildman–Crippen LogP) is 4.10. The van der Waals surface area contributed by atoms with Crippen molar-refractivity contribution in [1.29, 1.82) is 0 Å². The molecule has 0 aromatic heterocycles. The second-order valence-corrected chi connectivity index (χ2v) is 4.35. The van der Waals surface area contributed by atoms with Crippen LogP contribution in [0.3, 0.4) is 0 Å². The van der Waals surface area contributed by atoms with E-state index in [9.17, 15) is 8.96 Å². The van der Waals surface area contributed by atoms with Gasteiger partial charge in [0.05, 0.1) is 4.93 Å². The lowest BCUT2D eigenvalue weighted by molar-refractivity contribution is -1.18. The third-order valence-corrected chi connectivity index (χ3v) is 3.28. The molecule has 0 unspecified atom stereocenters. The van der Waals surface area contributed by atoms with Gasteiger partial charge in [0.1, 0.15) is 0 Å². The van der Waals surface area contributed by atoms with Gasteiger partial charge in [0, 0.05) is 21.8 Å². The van der Waals surface area contributed by atoms with Gasteiger partial charge in [-0.1, -0.05) is 25.7 Å². The molecule has 14 heavy (non-hydrogen) atoms. The van der Waals surface area contributed by atoms with E-state index in [0.29, 0.717) is 12.8 Å². The minimum absolute atomic E-state index is 0.0509. The smallest absolute Gasteiger partial charge is 0.0533 e. The van der Waals surface area contributed by atoms with Gasteiger partial charge >= 0.3 is 0 Å². The first-order valence-corrected chi connectivity index (χ1v) is 5.94. The zero-order valence-electron chi connectivity index (χ0n) is 9.14. The van der Waals surface area contributed by atoms with Crippen molar-refractivity contribution in [3.05, 3.63) is 0 Å². The molecular formula is C11H22F2N+. The zero-order valence-corrected chi connectivity index (χ0v) is 9.14. The Bertz CT molecular complexity index is 149. The quantitative estimate of drug-likeness (QED) is 0.597. The molecule has 1 rings (SSSR count). The van der Waals surface area contributed by atoms with Crippen LogP contribution in [0, 0.1) is 0 Å². The van der Waals surface area contributed by atoms with Crippen LogP contribution in [0.15, 0.2) is 0 Å². The minimum Gasteiger partial charge on any atom is -0.0533 e. The Morgan fingerprint density at radius 3 is 1.79 bits per heavy atom. The SMILES string of the molecule is CC[N+](F)(F)C1CCCCCCCC1. The molecule has 84 valence electrons. The van der Waals surface area contributed by atoms with Gasteiger partial charge in [-0.05, 0) is 19.8 Å². The van der Waals surface area contributed by atoms with E-state index in [0.717, 1.165) is 25.7 Å². The van der Waals surface area contributed by atoms with E-state index in [4.69, 9.17) is 0 Å². The number of hydrogen-bond donors (Lipinski definition) is 0. The van der Waals surface area contributed by atoms with Crippen molar-refractivity contribution in [2.75, 3.05) is 6.54 Å². The maximum atomic E-state index is 13.4. The number of hydrogen-bond acceptors (Lipinski definition) is 0. The lowest BCUT2D eigenvalue weighted by atomic mass is 10.0. The van der Waals surface area contributed by atoms with Gasteiger partial charge in [-0.25, -0.2) is 0 Å². The molecule has 1 saturated carbocycles. The third kappa shape index (κ3) is 3.52. The first kappa shape index (κ1) is 11.9. The normalized spacial score (nSPS) is 22.5. The van der Waals surface area contributed by atoms with Crippen molar-refractivity contribution in [3.63, 3.8) is 0 Å². The Morgan fingerprint density at radius 2 is 1.36 bits per heavy atom. The van der Waals surface area contributed by atoms with Gasteiger partial charge in [-0.2, -0.15) is 0 Å². The highest BCUT2D eigenvalue weighted by molar-refractivity contribution is 4.61. The second-order valence-electron chi connectivity index (χ2n) is 4.35. The van der Waals surface area contributed by atoms with Crippen LogP contribution in [0.2, 0.25) is 0 Å². The molecule has 0 bridgehead atoms. The first-order valence-electron chi connectivity index (χ1n) is 5.94. The number of quaternary nitrogens is 1. The largest absolute Gasteiger partial charge is 0.165 e. The second kappa shape index (κ2) is 5.64. The summed E-state index contributed by atoms with van der Waals surface area (Å²) in [5.74, 6) is 0. The Kier molecular flexibility index (Phi) is 4.79. The average Bonchev–Trinajstić information content (AvgIpc) is 2.30. The summed E-state index contributed by atoms with van der Waals surface area (Å²) in [6.45, 7) is 1.53. The summed E-state index contributed by atoms with van der Waals surface area (Å²) < 4.78 is 26.8. The number of nitrogens with zero attached hydrogens (tertiary/aromatic N) is 1. The zero-order chi connectivity index (χ0) is 10.4. The lowest BCUT2D eigenvalue weighted by Gasteiger charge is -2.22. The molecule has 0 atom stereocenters. The van der Waals surface area contributed by atoms with E-state index >= 15 is 0 Å². The van der Waals surface area contributed by atoms with Crippen molar-refractivity contribution in [1.82, 2.24) is 0 Å². The fourth-order valence-electron chi connectivity index (χ4n) is 2.25. The molecule has 0 aliphatic heterocycles. The molecule has 3 heteroatoms. The highest BCUT2D eigenvalue weighted by atomic mass is 19.4. The average molecular weight is 206 g/mol. The predicted molar refractivity (Wildman–Crippen MR) is 53.7 cm³/mol. The summed E-state index contributed by atoms with van der Waals surface area (Å²) in [4.78, 5) is -1.76. The highest BCUT2D eigenvalue weighted by Crippen LogP contribution is 2.27. The summed E-state index contributed by atoms with van der Waals surface area (Å²) >= 11 is 0. The van der Waals surface area contributed by atoms with E-state index in [1.807, 2.05) is 0 Å². The van der Waals surface area contributed by atoms with Crippen LogP contribution in [0.1, 0.15) is 58.3 Å². The summed E-state index contributed by atoms with van der Waals surface area (Å²) in [5, 5.41) is 0. The Labute approximate surface area is 85.6 Å². The Morgan fingerprint density at radius 1 is 0.929 bits per heavy atom. The maximum Gasteiger partial charge on any atom is 0.165 e. The van der Waals surface area contributed by atoms with Crippen LogP contribution in [0.5, 0.6) is 0 Å². The molecule has 1 aliphatic rings. The Hall–Kier alpha value is -0.180. The molecule has 0 radical (unpaired) electrons. The summed E-state index contributed by atoms with van der Waals surface area (Å²) in [6, 6.07) is -0.405. The summed E-state index contributed by atoms with van der Waals surface area (Å²) in [5.41, 5.74) is 0. The van der Waals surface area contributed by atoms with Crippen molar-refractivity contribution >= 4 is 0 Å². The highest BCUT2D eigenvalue weighted by Gasteiger charge is 2.38. The molecule has 0 heterocycles. The van der Waals surface area contributed by atoms with Gasteiger partial charge in [0.2, 0.25) is 0 Å². The molecule has 1 aliphatic carbocycles. The number of halogens is 2. The first-order chi connectivity index (χ1) is 6.67. The van der Waals surface area contributed by atoms with Gasteiger partial charge in [-0.15, -0.1) is 0 Å². The minimum atomic E-state index is -1.76. The van der Waals surface area contributed by atoms with Crippen LogP contribution in [0.25, 0.3) is 0 Å². The molecule has 0 N–H and O–H groups in total. The van der Waals surface area contributed by atoms with Gasteiger partial charge in [-0.3, -0.25) is 0 Å². The van der Waals surface area contributed by atoms with Crippen molar-refractivity contribution < 1.29 is 13.9 Å². The van der Waals surface area contributed by atoms with Crippen LogP contribution < -0.4 is 0 Å². The summed E-state index contributed by atoms with van der Waals surface area (Å²) in [7, 11) is 0. The van der Waals surface area contributed by atoms with E-state index in [2.05, 4.69) is 0 Å². The molecular weight excluding hydrogens is 184 g/mol. The monoisotopic (exact) mass is 206 g/mol. The molecule has 1 fully saturated rings. The van der Waals surface area contributed by atoms with Gasteiger partial charge in [0.15, 0.2) is 12.6 Å². The lowest BCUT2D eigenvalue weighted by Crippen LogP contribution is -2.41. The summed E-state index contributed by atoms with van der Waals surface area (Å²) in [6.07, 6.45) is 8.13. The number of rotatable bonds is 2. The van der Waals surface area contributed by atoms with E-state index in [-0.39, 0.29) is 6.54 Å². The van der Waals surface area contributed by atoms with Crippen molar-refractivity contribution in [2.45, 2.75) is 64.3 Å². The van der Waals surface area contributed by atoms with E-state index in [1.165, 1.54) is 12.8 Å². The van der Waals surface area contributed by atoms with E-state index < -0.39 is 11.0 Å². The molecule has 0 aromatic carbocycles. The van der Waals surface area contributed by atoms with Crippen LogP contribution in [0.4, 0.5) is 8.96 Å². The standard InChI is InChI=1S/C11H22F2N/c1-2-14(12,13)11-9-7-5-3-4-6-8-10-11/h11H,2-10H2,1H3/q+1. The van der Waals surface area contributed by atoms with Crippen LogP contribution in [-0.2, 0) is 0 Å². The van der Waals surface area contributed by atoms with Crippen molar-refractivity contribution in [2.24, 2.45) is 0 Å². The fourth-order valence-corrected chi connectivity index (χ4v) is 2.25. The van der Waals surface area contributed by atoms with Crippen LogP contribution in [-0.4, -0.2) is 17.5 Å². The van der Waals surface area contributed by atoms with Gasteiger partial charge in [0.25, 0.3) is 0 Å². The molecule has 0 aromatic rings. The van der Waals surface area contributed by atoms with Crippen LogP contribution >= 0.6 is 0 Å². The van der Waals surface area contributed by atoms with Crippen molar-refractivity contribution in [3.8, 4) is 0 Å². The molecule has 0 spiro atoms. The maximum absolute atomic E-state index is 13.4. The third-order valence-electron chi connectivity index (χ3n) is 3.28. The van der Waals surface area contributed by atoms with E-state index in [1.54, 1.807) is 6.92 Å². The topological polar surface area (TPSA) is 0 Å². The molecule has 1 nitrogen and oxygen atoms in total. The molecule has 0 saturated heterocycles. The fraction of sp³-hybridized carbons (Fsp3) is 1.00. The Balaban J connectivity index is 2.47. The van der Waals surface area contributed by atoms with Gasteiger partial charge < -0.3 is 0 Å². The molecule has 0 amide bonds.